The zero-order chi connectivity index (χ0) is 32.4. The van der Waals surface area contributed by atoms with Crippen LogP contribution in [0.1, 0.15) is 90.4 Å². The largest absolute Gasteiger partial charge is 0.493 e. The van der Waals surface area contributed by atoms with Crippen molar-refractivity contribution in [3.8, 4) is 11.5 Å². The summed E-state index contributed by atoms with van der Waals surface area (Å²) in [4.78, 5) is 45.6. The van der Waals surface area contributed by atoms with E-state index >= 15 is 0 Å². The molecule has 2 aliphatic rings. The molecule has 3 amide bonds. The summed E-state index contributed by atoms with van der Waals surface area (Å²) < 4.78 is 27.6. The third-order valence-electron chi connectivity index (χ3n) is 7.85. The molecule has 2 atom stereocenters. The molecule has 44 heavy (non-hydrogen) atoms. The van der Waals surface area contributed by atoms with E-state index in [1.165, 1.54) is 0 Å². The molecule has 11 nitrogen and oxygen atoms in total. The lowest BCUT2D eigenvalue weighted by atomic mass is 9.93. The number of rotatable bonds is 14. The summed E-state index contributed by atoms with van der Waals surface area (Å²) in [6.07, 6.45) is 3.94. The molecule has 0 radical (unpaired) electrons. The maximum atomic E-state index is 14.1. The summed E-state index contributed by atoms with van der Waals surface area (Å²) in [6.45, 7) is 13.5. The number of likely N-dealkylation sites (tertiary alicyclic amines) is 1. The monoisotopic (exact) mass is 619 g/mol. The van der Waals surface area contributed by atoms with E-state index in [9.17, 15) is 14.4 Å². The first-order valence-electron chi connectivity index (χ1n) is 16.0. The molecule has 0 N–H and O–H groups in total. The molecule has 1 aromatic rings. The summed E-state index contributed by atoms with van der Waals surface area (Å²) in [5.41, 5.74) is -0.183. The van der Waals surface area contributed by atoms with Crippen LogP contribution in [0.4, 0.5) is 9.59 Å². The molecule has 248 valence electrons. The number of amides is 3. The zero-order valence-electron chi connectivity index (χ0n) is 27.9. The number of piperidine rings is 1. The van der Waals surface area contributed by atoms with Crippen LogP contribution in [0.15, 0.2) is 18.2 Å². The smallest absolute Gasteiger partial charge is 0.410 e. The minimum Gasteiger partial charge on any atom is -0.493 e. The van der Waals surface area contributed by atoms with Gasteiger partial charge in [-0.15, -0.1) is 0 Å². The fourth-order valence-corrected chi connectivity index (χ4v) is 5.66. The van der Waals surface area contributed by atoms with Crippen LogP contribution in [0.25, 0.3) is 0 Å². The first-order valence-corrected chi connectivity index (χ1v) is 16.0. The molecule has 1 saturated heterocycles. The highest BCUT2D eigenvalue weighted by Gasteiger charge is 2.40. The Morgan fingerprint density at radius 1 is 1.00 bits per heavy atom. The van der Waals surface area contributed by atoms with Gasteiger partial charge >= 0.3 is 12.2 Å². The molecule has 1 aliphatic heterocycles. The Balaban J connectivity index is 1.81. The quantitative estimate of drug-likeness (QED) is 0.243. The van der Waals surface area contributed by atoms with Gasteiger partial charge in [0.15, 0.2) is 11.5 Å². The van der Waals surface area contributed by atoms with E-state index in [4.69, 9.17) is 23.7 Å². The van der Waals surface area contributed by atoms with Crippen molar-refractivity contribution in [3.63, 3.8) is 0 Å². The zero-order valence-corrected chi connectivity index (χ0v) is 27.9. The maximum absolute atomic E-state index is 14.1. The molecule has 1 saturated carbocycles. The van der Waals surface area contributed by atoms with Crippen molar-refractivity contribution in [2.24, 2.45) is 0 Å². The number of nitrogens with zero attached hydrogens (tertiary/aromatic N) is 3. The predicted octanol–water partition coefficient (Wildman–Crippen LogP) is 5.74. The highest BCUT2D eigenvalue weighted by molar-refractivity contribution is 5.95. The van der Waals surface area contributed by atoms with Gasteiger partial charge in [0.25, 0.3) is 5.91 Å². The van der Waals surface area contributed by atoms with Crippen LogP contribution in [-0.2, 0) is 14.2 Å². The minimum absolute atomic E-state index is 0.119. The molecular weight excluding hydrogens is 566 g/mol. The number of carbonyl (C=O) groups excluding carboxylic acids is 3. The van der Waals surface area contributed by atoms with Crippen molar-refractivity contribution in [2.75, 3.05) is 47.1 Å². The highest BCUT2D eigenvalue weighted by atomic mass is 16.6. The number of hydrogen-bond acceptors (Lipinski definition) is 8. The Morgan fingerprint density at radius 2 is 1.70 bits per heavy atom. The van der Waals surface area contributed by atoms with Crippen LogP contribution in [0.5, 0.6) is 11.5 Å². The van der Waals surface area contributed by atoms with Gasteiger partial charge in [-0.1, -0.05) is 0 Å². The Bertz CT molecular complexity index is 1100. The van der Waals surface area contributed by atoms with Gasteiger partial charge in [-0.2, -0.15) is 0 Å². The molecule has 2 fully saturated rings. The van der Waals surface area contributed by atoms with E-state index < -0.39 is 11.7 Å². The molecule has 1 aliphatic carbocycles. The van der Waals surface area contributed by atoms with Crippen LogP contribution < -0.4 is 9.47 Å². The third-order valence-corrected chi connectivity index (χ3v) is 7.85. The summed E-state index contributed by atoms with van der Waals surface area (Å²) in [7, 11) is 3.21. The fourth-order valence-electron chi connectivity index (χ4n) is 5.66. The number of ether oxygens (including phenoxy) is 5. The maximum Gasteiger partial charge on any atom is 0.410 e. The summed E-state index contributed by atoms with van der Waals surface area (Å²) in [6, 6.07) is 4.95. The molecule has 0 bridgehead atoms. The van der Waals surface area contributed by atoms with Crippen LogP contribution >= 0.6 is 0 Å². The Hall–Kier alpha value is -3.21. The van der Waals surface area contributed by atoms with Crippen molar-refractivity contribution in [3.05, 3.63) is 23.8 Å². The van der Waals surface area contributed by atoms with Gasteiger partial charge < -0.3 is 38.4 Å². The first-order chi connectivity index (χ1) is 20.9. The molecule has 1 heterocycles. The number of methoxy groups -OCH3 is 2. The fraction of sp³-hybridized carbons (Fsp3) is 0.727. The van der Waals surface area contributed by atoms with Crippen molar-refractivity contribution >= 4 is 18.1 Å². The van der Waals surface area contributed by atoms with Gasteiger partial charge in [0.2, 0.25) is 0 Å². The van der Waals surface area contributed by atoms with Gasteiger partial charge in [0.05, 0.1) is 26.4 Å². The topological polar surface area (TPSA) is 107 Å². The SMILES string of the molecule is CCOC(=O)N(CC[C@H]1CC[C@@H](N(C(=O)c2ccc(OC)c(OCCCOC)c2)C(C)C)CN1C(=O)OC(C)(C)C)C1CC1. The molecule has 1 aromatic carbocycles. The van der Waals surface area contributed by atoms with E-state index in [0.717, 1.165) is 12.8 Å². The van der Waals surface area contributed by atoms with Crippen molar-refractivity contribution in [1.29, 1.82) is 0 Å². The summed E-state index contributed by atoms with van der Waals surface area (Å²) in [5.74, 6) is 0.910. The standard InChI is InChI=1S/C33H53N3O8/c1-9-42-31(38)34(25-12-13-25)18-17-26-14-15-27(22-35(26)32(39)44-33(4,5)6)36(23(2)3)30(37)24-11-16-28(41-8)29(21-24)43-20-10-19-40-7/h11,16,21,23,25-27H,9-10,12-15,17-20,22H2,1-8H3/t26-,27-/m1/s1. The molecule has 3 rings (SSSR count). The van der Waals surface area contributed by atoms with E-state index in [-0.39, 0.29) is 36.2 Å². The van der Waals surface area contributed by atoms with Crippen LogP contribution in [-0.4, -0.2) is 110 Å². The first kappa shape index (κ1) is 35.3. The lowest BCUT2D eigenvalue weighted by Crippen LogP contribution is -2.58. The van der Waals surface area contributed by atoms with Crippen LogP contribution in [0, 0.1) is 0 Å². The predicted molar refractivity (Wildman–Crippen MR) is 167 cm³/mol. The second kappa shape index (κ2) is 16.2. The van der Waals surface area contributed by atoms with Crippen molar-refractivity contribution in [1.82, 2.24) is 14.7 Å². The minimum atomic E-state index is -0.671. The van der Waals surface area contributed by atoms with E-state index in [2.05, 4.69) is 0 Å². The van der Waals surface area contributed by atoms with E-state index in [1.54, 1.807) is 49.1 Å². The second-order valence-corrected chi connectivity index (χ2v) is 12.8. The van der Waals surface area contributed by atoms with Crippen LogP contribution in [0.2, 0.25) is 0 Å². The normalized spacial score (nSPS) is 18.5. The second-order valence-electron chi connectivity index (χ2n) is 12.8. The van der Waals surface area contributed by atoms with E-state index in [1.807, 2.05) is 39.5 Å². The van der Waals surface area contributed by atoms with Gasteiger partial charge in [0.1, 0.15) is 5.60 Å². The number of hydrogen-bond donors (Lipinski definition) is 0. The third kappa shape index (κ3) is 9.90. The number of carbonyl (C=O) groups is 3. The van der Waals surface area contributed by atoms with Gasteiger partial charge in [0, 0.05) is 56.9 Å². The Kier molecular flexibility index (Phi) is 13.0. The lowest BCUT2D eigenvalue weighted by Gasteiger charge is -2.45. The molecule has 0 unspecified atom stereocenters. The van der Waals surface area contributed by atoms with Crippen LogP contribution in [0.3, 0.4) is 0 Å². The molecule has 11 heteroatoms. The van der Waals surface area contributed by atoms with Crippen molar-refractivity contribution < 1.29 is 38.1 Å². The molecule has 0 spiro atoms. The molecule has 0 aromatic heterocycles. The summed E-state index contributed by atoms with van der Waals surface area (Å²) in [5, 5.41) is 0. The van der Waals surface area contributed by atoms with Gasteiger partial charge in [-0.3, -0.25) is 4.79 Å². The lowest BCUT2D eigenvalue weighted by molar-refractivity contribution is -0.00919. The van der Waals surface area contributed by atoms with Crippen molar-refractivity contribution in [2.45, 2.75) is 110 Å². The molecular formula is C33H53N3O8. The Morgan fingerprint density at radius 3 is 2.30 bits per heavy atom. The average Bonchev–Trinajstić information content (AvgIpc) is 3.80. The average molecular weight is 620 g/mol. The summed E-state index contributed by atoms with van der Waals surface area (Å²) >= 11 is 0. The highest BCUT2D eigenvalue weighted by Crippen LogP contribution is 2.33. The van der Waals surface area contributed by atoms with Gasteiger partial charge in [-0.25, -0.2) is 9.59 Å². The number of benzene rings is 1. The Labute approximate surface area is 263 Å². The van der Waals surface area contributed by atoms with E-state index in [0.29, 0.717) is 75.7 Å². The van der Waals surface area contributed by atoms with Gasteiger partial charge in [-0.05, 0) is 91.8 Å².